The first-order chi connectivity index (χ1) is 11.2. The van der Waals surface area contributed by atoms with E-state index in [4.69, 9.17) is 0 Å². The van der Waals surface area contributed by atoms with E-state index in [1.807, 2.05) is 4.90 Å². The maximum absolute atomic E-state index is 12.3. The highest BCUT2D eigenvalue weighted by Gasteiger charge is 2.24. The van der Waals surface area contributed by atoms with Gasteiger partial charge in [-0.2, -0.15) is 0 Å². The molecule has 0 saturated carbocycles. The van der Waals surface area contributed by atoms with Crippen LogP contribution in [0.25, 0.3) is 0 Å². The summed E-state index contributed by atoms with van der Waals surface area (Å²) in [7, 11) is 2.19. The van der Waals surface area contributed by atoms with Crippen molar-refractivity contribution in [3.63, 3.8) is 0 Å². The van der Waals surface area contributed by atoms with Gasteiger partial charge in [0.2, 0.25) is 0 Å². The van der Waals surface area contributed by atoms with Crippen LogP contribution in [0.2, 0.25) is 0 Å². The summed E-state index contributed by atoms with van der Waals surface area (Å²) in [5.41, 5.74) is 1.41. The summed E-state index contributed by atoms with van der Waals surface area (Å²) in [5, 5.41) is 3.11. The smallest absolute Gasteiger partial charge is 0.317 e. The predicted octanol–water partition coefficient (Wildman–Crippen LogP) is 3.06. The third-order valence-corrected chi connectivity index (χ3v) is 5.48. The van der Waals surface area contributed by atoms with E-state index in [2.05, 4.69) is 47.6 Å². The van der Waals surface area contributed by atoms with Crippen molar-refractivity contribution < 1.29 is 4.79 Å². The van der Waals surface area contributed by atoms with Crippen molar-refractivity contribution in [2.45, 2.75) is 44.1 Å². The van der Waals surface area contributed by atoms with Gasteiger partial charge in [0.1, 0.15) is 0 Å². The number of hydrogen-bond acceptors (Lipinski definition) is 2. The van der Waals surface area contributed by atoms with Gasteiger partial charge in [-0.3, -0.25) is 0 Å². The van der Waals surface area contributed by atoms with E-state index in [9.17, 15) is 4.79 Å². The third kappa shape index (κ3) is 4.25. The number of carbonyl (C=O) groups excluding carboxylic acids is 1. The van der Waals surface area contributed by atoms with Gasteiger partial charge in [-0.15, -0.1) is 0 Å². The molecular weight excluding hydrogens is 286 g/mol. The fourth-order valence-electron chi connectivity index (χ4n) is 3.94. The van der Waals surface area contributed by atoms with E-state index in [0.29, 0.717) is 12.0 Å². The van der Waals surface area contributed by atoms with Gasteiger partial charge in [-0.05, 0) is 57.2 Å². The second-order valence-electron chi connectivity index (χ2n) is 6.97. The predicted molar refractivity (Wildman–Crippen MR) is 93.7 cm³/mol. The van der Waals surface area contributed by atoms with Crippen LogP contribution in [0.3, 0.4) is 0 Å². The van der Waals surface area contributed by atoms with E-state index in [1.165, 1.54) is 24.9 Å². The van der Waals surface area contributed by atoms with Crippen molar-refractivity contribution in [1.82, 2.24) is 15.1 Å². The van der Waals surface area contributed by atoms with Gasteiger partial charge >= 0.3 is 6.03 Å². The first-order valence-electron chi connectivity index (χ1n) is 9.02. The molecular formula is C19H29N3O. The highest BCUT2D eigenvalue weighted by Crippen LogP contribution is 2.27. The van der Waals surface area contributed by atoms with Crippen molar-refractivity contribution in [1.29, 1.82) is 0 Å². The average Bonchev–Trinajstić information content (AvgIpc) is 3.01. The molecule has 1 aromatic rings. The molecule has 0 spiro atoms. The molecule has 2 fully saturated rings. The lowest BCUT2D eigenvalue weighted by Gasteiger charge is -2.32. The Morgan fingerprint density at radius 1 is 1.13 bits per heavy atom. The second-order valence-corrected chi connectivity index (χ2v) is 6.97. The van der Waals surface area contributed by atoms with E-state index in [1.54, 1.807) is 0 Å². The fraction of sp³-hybridized carbons (Fsp3) is 0.632. The van der Waals surface area contributed by atoms with Gasteiger partial charge in [0.05, 0.1) is 0 Å². The number of urea groups is 1. The Labute approximate surface area is 139 Å². The molecule has 0 bridgehead atoms. The quantitative estimate of drug-likeness (QED) is 0.927. The fourth-order valence-corrected chi connectivity index (χ4v) is 3.94. The summed E-state index contributed by atoms with van der Waals surface area (Å²) in [6.45, 7) is 3.74. The molecule has 1 N–H and O–H groups in total. The second kappa shape index (κ2) is 7.82. The van der Waals surface area contributed by atoms with Crippen LogP contribution in [-0.2, 0) is 0 Å². The zero-order valence-corrected chi connectivity index (χ0v) is 14.2. The molecule has 2 aliphatic heterocycles. The first-order valence-corrected chi connectivity index (χ1v) is 9.02. The minimum Gasteiger partial charge on any atom is -0.338 e. The number of benzene rings is 1. The van der Waals surface area contributed by atoms with Crippen molar-refractivity contribution in [2.24, 2.45) is 0 Å². The SMILES string of the molecule is CN1CCCC1CCNC(=O)N1CCC(c2ccccc2)CC1. The number of piperidine rings is 1. The van der Waals surface area contributed by atoms with Crippen LogP contribution >= 0.6 is 0 Å². The summed E-state index contributed by atoms with van der Waals surface area (Å²) in [5.74, 6) is 0.604. The zero-order chi connectivity index (χ0) is 16.1. The van der Waals surface area contributed by atoms with Crippen LogP contribution in [0.15, 0.2) is 30.3 Å². The molecule has 23 heavy (non-hydrogen) atoms. The summed E-state index contributed by atoms with van der Waals surface area (Å²) in [6.07, 6.45) is 5.78. The number of nitrogens with one attached hydrogen (secondary N) is 1. The standard InChI is InChI=1S/C19H29N3O/c1-21-13-5-8-18(21)9-12-20-19(23)22-14-10-17(11-15-22)16-6-3-2-4-7-16/h2-4,6-7,17-18H,5,8-15H2,1H3,(H,20,23). The minimum absolute atomic E-state index is 0.122. The molecule has 0 aromatic heterocycles. The van der Waals surface area contributed by atoms with Crippen molar-refractivity contribution in [2.75, 3.05) is 33.2 Å². The normalized spacial score (nSPS) is 23.2. The molecule has 1 unspecified atom stereocenters. The van der Waals surface area contributed by atoms with Crippen LogP contribution in [0.4, 0.5) is 4.79 Å². The van der Waals surface area contributed by atoms with Gasteiger partial charge in [0, 0.05) is 25.7 Å². The van der Waals surface area contributed by atoms with Crippen LogP contribution in [-0.4, -0.2) is 55.1 Å². The zero-order valence-electron chi connectivity index (χ0n) is 14.2. The lowest BCUT2D eigenvalue weighted by Crippen LogP contribution is -2.45. The van der Waals surface area contributed by atoms with Crippen LogP contribution < -0.4 is 5.32 Å². The Bertz CT molecular complexity index is 497. The molecule has 1 atom stereocenters. The van der Waals surface area contributed by atoms with E-state index >= 15 is 0 Å². The Balaban J connectivity index is 1.38. The maximum atomic E-state index is 12.3. The van der Waals surface area contributed by atoms with Gasteiger partial charge in [0.15, 0.2) is 0 Å². The van der Waals surface area contributed by atoms with Gasteiger partial charge in [-0.1, -0.05) is 30.3 Å². The molecule has 2 amide bonds. The van der Waals surface area contributed by atoms with Crippen LogP contribution in [0.5, 0.6) is 0 Å². The Kier molecular flexibility index (Phi) is 5.55. The average molecular weight is 315 g/mol. The number of amides is 2. The number of hydrogen-bond donors (Lipinski definition) is 1. The maximum Gasteiger partial charge on any atom is 0.317 e. The monoisotopic (exact) mass is 315 g/mol. The molecule has 1 aromatic carbocycles. The minimum atomic E-state index is 0.122. The van der Waals surface area contributed by atoms with Gasteiger partial charge < -0.3 is 15.1 Å². The molecule has 126 valence electrons. The first kappa shape index (κ1) is 16.3. The molecule has 2 saturated heterocycles. The van der Waals surface area contributed by atoms with Gasteiger partial charge in [-0.25, -0.2) is 4.79 Å². The molecule has 4 nitrogen and oxygen atoms in total. The lowest BCUT2D eigenvalue weighted by molar-refractivity contribution is 0.180. The molecule has 0 radical (unpaired) electrons. The number of carbonyl (C=O) groups is 1. The lowest BCUT2D eigenvalue weighted by atomic mass is 9.90. The molecule has 2 aliphatic rings. The molecule has 3 rings (SSSR count). The highest BCUT2D eigenvalue weighted by molar-refractivity contribution is 5.74. The van der Waals surface area contributed by atoms with E-state index in [0.717, 1.165) is 38.9 Å². The van der Waals surface area contributed by atoms with Crippen LogP contribution in [0.1, 0.15) is 43.6 Å². The Morgan fingerprint density at radius 2 is 1.87 bits per heavy atom. The van der Waals surface area contributed by atoms with E-state index < -0.39 is 0 Å². The third-order valence-electron chi connectivity index (χ3n) is 5.48. The summed E-state index contributed by atoms with van der Waals surface area (Å²) >= 11 is 0. The molecule has 4 heteroatoms. The Hall–Kier alpha value is -1.55. The van der Waals surface area contributed by atoms with Crippen LogP contribution in [0, 0.1) is 0 Å². The van der Waals surface area contributed by atoms with Gasteiger partial charge in [0.25, 0.3) is 0 Å². The topological polar surface area (TPSA) is 35.6 Å². The molecule has 0 aliphatic carbocycles. The number of rotatable bonds is 4. The highest BCUT2D eigenvalue weighted by atomic mass is 16.2. The molecule has 2 heterocycles. The van der Waals surface area contributed by atoms with Crippen molar-refractivity contribution in [3.8, 4) is 0 Å². The summed E-state index contributed by atoms with van der Waals surface area (Å²) in [6, 6.07) is 11.5. The summed E-state index contributed by atoms with van der Waals surface area (Å²) in [4.78, 5) is 16.7. The largest absolute Gasteiger partial charge is 0.338 e. The van der Waals surface area contributed by atoms with Crippen molar-refractivity contribution >= 4 is 6.03 Å². The van der Waals surface area contributed by atoms with E-state index in [-0.39, 0.29) is 6.03 Å². The Morgan fingerprint density at radius 3 is 2.52 bits per heavy atom. The van der Waals surface area contributed by atoms with Crippen molar-refractivity contribution in [3.05, 3.63) is 35.9 Å². The number of nitrogens with zero attached hydrogens (tertiary/aromatic N) is 2. The number of likely N-dealkylation sites (tertiary alicyclic amines) is 2. The summed E-state index contributed by atoms with van der Waals surface area (Å²) < 4.78 is 0.